The van der Waals surface area contributed by atoms with Crippen LogP contribution in [0.1, 0.15) is 33.1 Å². The van der Waals surface area contributed by atoms with E-state index in [1.165, 1.54) is 19.3 Å². The van der Waals surface area contributed by atoms with Gasteiger partial charge in [-0.05, 0) is 30.6 Å². The van der Waals surface area contributed by atoms with Crippen LogP contribution >= 0.6 is 0 Å². The maximum atomic E-state index is 3.81. The molecule has 0 radical (unpaired) electrons. The first-order valence-electron chi connectivity index (χ1n) is 4.40. The van der Waals surface area contributed by atoms with Gasteiger partial charge in [-0.3, -0.25) is 0 Å². The second-order valence-corrected chi connectivity index (χ2v) is 3.60. The predicted octanol–water partition coefficient (Wildman–Crippen LogP) is 3.24. The molecular weight excluding hydrogens is 120 g/mol. The van der Waals surface area contributed by atoms with Crippen molar-refractivity contribution in [2.24, 2.45) is 17.8 Å². The third kappa shape index (κ3) is 1.42. The van der Waals surface area contributed by atoms with Crippen LogP contribution in [0.3, 0.4) is 0 Å². The zero-order valence-corrected chi connectivity index (χ0v) is 7.14. The van der Waals surface area contributed by atoms with Crippen molar-refractivity contribution in [2.75, 3.05) is 0 Å². The van der Waals surface area contributed by atoms with E-state index in [4.69, 9.17) is 0 Å². The lowest BCUT2D eigenvalue weighted by Crippen LogP contribution is -2.27. The van der Waals surface area contributed by atoms with Gasteiger partial charge in [0.05, 0.1) is 0 Å². The van der Waals surface area contributed by atoms with Gasteiger partial charge in [-0.25, -0.2) is 0 Å². The van der Waals surface area contributed by atoms with E-state index in [2.05, 4.69) is 26.5 Å². The highest BCUT2D eigenvalue weighted by molar-refractivity contribution is 4.89. The van der Waals surface area contributed by atoms with Crippen LogP contribution in [0, 0.1) is 17.8 Å². The van der Waals surface area contributed by atoms with Crippen molar-refractivity contribution in [1.82, 2.24) is 0 Å². The fraction of sp³-hybridized carbons (Fsp3) is 0.800. The lowest BCUT2D eigenvalue weighted by molar-refractivity contribution is 0.150. The Bertz CT molecular complexity index is 109. The molecule has 1 saturated carbocycles. The molecule has 0 amide bonds. The van der Waals surface area contributed by atoms with E-state index < -0.39 is 0 Å². The zero-order chi connectivity index (χ0) is 7.56. The number of hydrogen-bond acceptors (Lipinski definition) is 0. The van der Waals surface area contributed by atoms with E-state index in [1.807, 2.05) is 0 Å². The molecule has 1 fully saturated rings. The van der Waals surface area contributed by atoms with E-state index in [0.29, 0.717) is 0 Å². The third-order valence-corrected chi connectivity index (χ3v) is 2.96. The largest absolute Gasteiger partial charge is 0.103 e. The van der Waals surface area contributed by atoms with Gasteiger partial charge in [-0.15, -0.1) is 6.58 Å². The van der Waals surface area contributed by atoms with Crippen LogP contribution in [-0.4, -0.2) is 0 Å². The van der Waals surface area contributed by atoms with Crippen LogP contribution in [0.2, 0.25) is 0 Å². The van der Waals surface area contributed by atoms with Crippen molar-refractivity contribution in [3.8, 4) is 0 Å². The summed E-state index contributed by atoms with van der Waals surface area (Å²) in [6, 6.07) is 0. The number of allylic oxidation sites excluding steroid dienone is 1. The summed E-state index contributed by atoms with van der Waals surface area (Å²) in [5.74, 6) is 2.75. The van der Waals surface area contributed by atoms with Crippen LogP contribution < -0.4 is 0 Å². The first-order chi connectivity index (χ1) is 4.77. The van der Waals surface area contributed by atoms with Crippen LogP contribution in [0.25, 0.3) is 0 Å². The van der Waals surface area contributed by atoms with Gasteiger partial charge < -0.3 is 0 Å². The minimum absolute atomic E-state index is 0.753. The minimum Gasteiger partial charge on any atom is -0.103 e. The Balaban J connectivity index is 2.19. The lowest BCUT2D eigenvalue weighted by Gasteiger charge is -2.37. The first kappa shape index (κ1) is 7.84. The Morgan fingerprint density at radius 2 is 2.20 bits per heavy atom. The quantitative estimate of drug-likeness (QED) is 0.525. The molecule has 1 atom stereocenters. The summed E-state index contributed by atoms with van der Waals surface area (Å²) in [6.07, 6.45) is 6.37. The first-order valence-corrected chi connectivity index (χ1v) is 4.40. The van der Waals surface area contributed by atoms with Gasteiger partial charge in [-0.2, -0.15) is 0 Å². The molecule has 0 nitrogen and oxygen atoms in total. The zero-order valence-electron chi connectivity index (χ0n) is 7.14. The molecule has 0 heteroatoms. The highest BCUT2D eigenvalue weighted by Crippen LogP contribution is 2.40. The molecule has 0 aromatic heterocycles. The van der Waals surface area contributed by atoms with Crippen molar-refractivity contribution < 1.29 is 0 Å². The standard InChI is InChI=1S/C10H18/c1-4-8(3)10-6-9(5-2)7-10/h4,8-10H,1,5-7H2,2-3H3. The van der Waals surface area contributed by atoms with E-state index in [1.54, 1.807) is 0 Å². The van der Waals surface area contributed by atoms with E-state index in [9.17, 15) is 0 Å². The third-order valence-electron chi connectivity index (χ3n) is 2.96. The molecular formula is C10H18. The van der Waals surface area contributed by atoms with Crippen molar-refractivity contribution in [1.29, 1.82) is 0 Å². The van der Waals surface area contributed by atoms with Gasteiger partial charge in [0.25, 0.3) is 0 Å². The Morgan fingerprint density at radius 3 is 2.60 bits per heavy atom. The molecule has 10 heavy (non-hydrogen) atoms. The minimum atomic E-state index is 0.753. The molecule has 0 saturated heterocycles. The average molecular weight is 138 g/mol. The monoisotopic (exact) mass is 138 g/mol. The molecule has 58 valence electrons. The number of hydrogen-bond donors (Lipinski definition) is 0. The van der Waals surface area contributed by atoms with Crippen LogP contribution in [0.15, 0.2) is 12.7 Å². The Kier molecular flexibility index (Phi) is 2.53. The molecule has 0 aromatic rings. The molecule has 0 N–H and O–H groups in total. The molecule has 0 spiro atoms. The van der Waals surface area contributed by atoms with E-state index in [-0.39, 0.29) is 0 Å². The summed E-state index contributed by atoms with van der Waals surface area (Å²) in [5.41, 5.74) is 0. The van der Waals surface area contributed by atoms with Crippen molar-refractivity contribution >= 4 is 0 Å². The van der Waals surface area contributed by atoms with Gasteiger partial charge >= 0.3 is 0 Å². The summed E-state index contributed by atoms with van der Waals surface area (Å²) in [7, 11) is 0. The van der Waals surface area contributed by atoms with Crippen LogP contribution in [0.5, 0.6) is 0 Å². The molecule has 0 aromatic carbocycles. The second-order valence-electron chi connectivity index (χ2n) is 3.60. The Morgan fingerprint density at radius 1 is 1.60 bits per heavy atom. The van der Waals surface area contributed by atoms with Gasteiger partial charge in [0.1, 0.15) is 0 Å². The lowest BCUT2D eigenvalue weighted by atomic mass is 9.68. The normalized spacial score (nSPS) is 34.6. The molecule has 1 aliphatic carbocycles. The summed E-state index contributed by atoms with van der Waals surface area (Å²) in [5, 5.41) is 0. The molecule has 1 unspecified atom stereocenters. The topological polar surface area (TPSA) is 0 Å². The van der Waals surface area contributed by atoms with Crippen LogP contribution in [0.4, 0.5) is 0 Å². The SMILES string of the molecule is C=CC(C)C1CC(CC)C1. The fourth-order valence-electron chi connectivity index (χ4n) is 1.74. The fourth-order valence-corrected chi connectivity index (χ4v) is 1.74. The van der Waals surface area contributed by atoms with Crippen molar-refractivity contribution in [3.05, 3.63) is 12.7 Å². The maximum absolute atomic E-state index is 3.81. The smallest absolute Gasteiger partial charge is 0.0236 e. The van der Waals surface area contributed by atoms with E-state index in [0.717, 1.165) is 17.8 Å². The summed E-state index contributed by atoms with van der Waals surface area (Å²) >= 11 is 0. The molecule has 0 bridgehead atoms. The van der Waals surface area contributed by atoms with E-state index >= 15 is 0 Å². The molecule has 0 aliphatic heterocycles. The van der Waals surface area contributed by atoms with Crippen molar-refractivity contribution in [2.45, 2.75) is 33.1 Å². The number of rotatable bonds is 3. The second kappa shape index (κ2) is 3.23. The molecule has 0 heterocycles. The summed E-state index contributed by atoms with van der Waals surface area (Å²) in [6.45, 7) is 8.39. The van der Waals surface area contributed by atoms with Gasteiger partial charge in [0.2, 0.25) is 0 Å². The highest BCUT2D eigenvalue weighted by Gasteiger charge is 2.29. The summed E-state index contributed by atoms with van der Waals surface area (Å²) < 4.78 is 0. The molecule has 1 rings (SSSR count). The Labute approximate surface area is 64.3 Å². The summed E-state index contributed by atoms with van der Waals surface area (Å²) in [4.78, 5) is 0. The van der Waals surface area contributed by atoms with Crippen molar-refractivity contribution in [3.63, 3.8) is 0 Å². The van der Waals surface area contributed by atoms with Gasteiger partial charge in [0.15, 0.2) is 0 Å². The Hall–Kier alpha value is -0.260. The van der Waals surface area contributed by atoms with Gasteiger partial charge in [0, 0.05) is 0 Å². The molecule has 1 aliphatic rings. The predicted molar refractivity (Wildman–Crippen MR) is 45.9 cm³/mol. The highest BCUT2D eigenvalue weighted by atomic mass is 14.3. The van der Waals surface area contributed by atoms with Gasteiger partial charge in [-0.1, -0.05) is 26.3 Å². The average Bonchev–Trinajstić information content (AvgIpc) is 1.85. The van der Waals surface area contributed by atoms with Crippen LogP contribution in [-0.2, 0) is 0 Å². The maximum Gasteiger partial charge on any atom is -0.0236 e.